The van der Waals surface area contributed by atoms with Gasteiger partial charge in [-0.15, -0.1) is 0 Å². The minimum atomic E-state index is -0.131. The van der Waals surface area contributed by atoms with Gasteiger partial charge in [-0.2, -0.15) is 0 Å². The van der Waals surface area contributed by atoms with E-state index < -0.39 is 0 Å². The van der Waals surface area contributed by atoms with Crippen LogP contribution in [0.3, 0.4) is 0 Å². The maximum absolute atomic E-state index is 12.0. The van der Waals surface area contributed by atoms with E-state index in [2.05, 4.69) is 17.4 Å². The molecule has 1 aliphatic carbocycles. The van der Waals surface area contributed by atoms with E-state index in [0.29, 0.717) is 18.1 Å². The van der Waals surface area contributed by atoms with Crippen molar-refractivity contribution in [3.05, 3.63) is 59.7 Å². The van der Waals surface area contributed by atoms with E-state index in [1.165, 1.54) is 0 Å². The Hall–Kier alpha value is -3.02. The van der Waals surface area contributed by atoms with Crippen molar-refractivity contribution in [1.29, 1.82) is 0 Å². The molecule has 1 amide bonds. The van der Waals surface area contributed by atoms with Crippen LogP contribution in [-0.2, 0) is 16.2 Å². The summed E-state index contributed by atoms with van der Waals surface area (Å²) in [6.45, 7) is 2.63. The number of carbonyl (C=O) groups excluding carboxylic acids is 1. The molecule has 2 aromatic carbocycles. The van der Waals surface area contributed by atoms with Crippen LogP contribution >= 0.6 is 0 Å². The Kier molecular flexibility index (Phi) is 8.12. The molecule has 1 N–H and O–H groups in total. The predicted octanol–water partition coefficient (Wildman–Crippen LogP) is 4.32. The number of carbonyl (C=O) groups is 1. The Labute approximate surface area is 178 Å². The number of amides is 1. The lowest BCUT2D eigenvalue weighted by atomic mass is 9.87. The van der Waals surface area contributed by atoms with Crippen molar-refractivity contribution < 1.29 is 19.1 Å². The first-order valence-electron chi connectivity index (χ1n) is 10.4. The Balaban J connectivity index is 1.45. The maximum atomic E-state index is 12.0. The van der Waals surface area contributed by atoms with Crippen molar-refractivity contribution in [2.24, 2.45) is 11.1 Å². The maximum Gasteiger partial charge on any atom is 0.260 e. The number of methoxy groups -OCH3 is 1. The molecule has 0 unspecified atom stereocenters. The molecule has 1 saturated carbocycles. The van der Waals surface area contributed by atoms with E-state index >= 15 is 0 Å². The van der Waals surface area contributed by atoms with Crippen LogP contribution in [0.15, 0.2) is 53.7 Å². The molecule has 6 heteroatoms. The van der Waals surface area contributed by atoms with Crippen molar-refractivity contribution in [2.75, 3.05) is 13.7 Å². The van der Waals surface area contributed by atoms with E-state index in [-0.39, 0.29) is 18.6 Å². The number of nitrogens with zero attached hydrogens (tertiary/aromatic N) is 1. The second-order valence-corrected chi connectivity index (χ2v) is 7.72. The summed E-state index contributed by atoms with van der Waals surface area (Å²) in [5.41, 5.74) is 1.88. The lowest BCUT2D eigenvalue weighted by molar-refractivity contribution is -0.126. The van der Waals surface area contributed by atoms with E-state index in [1.807, 2.05) is 48.5 Å². The van der Waals surface area contributed by atoms with E-state index in [4.69, 9.17) is 14.3 Å². The van der Waals surface area contributed by atoms with Crippen molar-refractivity contribution in [3.63, 3.8) is 0 Å². The van der Waals surface area contributed by atoms with Crippen LogP contribution < -0.4 is 14.8 Å². The Bertz CT molecular complexity index is 830. The van der Waals surface area contributed by atoms with Crippen molar-refractivity contribution in [1.82, 2.24) is 5.32 Å². The molecule has 0 aromatic heterocycles. The minimum Gasteiger partial charge on any atom is -0.493 e. The number of nitrogens with one attached hydrogen (secondary N) is 1. The summed E-state index contributed by atoms with van der Waals surface area (Å²) < 4.78 is 11.3. The molecule has 0 spiro atoms. The van der Waals surface area contributed by atoms with Gasteiger partial charge < -0.3 is 19.6 Å². The van der Waals surface area contributed by atoms with Gasteiger partial charge >= 0.3 is 0 Å². The molecule has 3 rings (SSSR count). The SMILES string of the molecule is COc1cc(/C=N/OCC(=O)NC2CCC(C)CC2)ccc1OCc1ccccc1. The number of rotatable bonds is 9. The molecule has 2 aromatic rings. The monoisotopic (exact) mass is 410 g/mol. The van der Waals surface area contributed by atoms with Crippen LogP contribution in [0.2, 0.25) is 0 Å². The Morgan fingerprint density at radius 3 is 2.60 bits per heavy atom. The average molecular weight is 411 g/mol. The summed E-state index contributed by atoms with van der Waals surface area (Å²) in [4.78, 5) is 17.1. The first-order chi connectivity index (χ1) is 14.6. The first kappa shape index (κ1) is 21.7. The summed E-state index contributed by atoms with van der Waals surface area (Å²) in [7, 11) is 1.60. The van der Waals surface area contributed by atoms with Crippen LogP contribution in [0.1, 0.15) is 43.7 Å². The fourth-order valence-corrected chi connectivity index (χ4v) is 3.49. The zero-order valence-corrected chi connectivity index (χ0v) is 17.7. The molecule has 0 heterocycles. The number of benzene rings is 2. The number of ether oxygens (including phenoxy) is 2. The molecule has 0 saturated heterocycles. The van der Waals surface area contributed by atoms with Crippen LogP contribution in [0.4, 0.5) is 0 Å². The first-order valence-corrected chi connectivity index (χ1v) is 10.4. The number of oxime groups is 1. The molecular weight excluding hydrogens is 380 g/mol. The Morgan fingerprint density at radius 1 is 1.10 bits per heavy atom. The highest BCUT2D eigenvalue weighted by molar-refractivity contribution is 5.81. The Morgan fingerprint density at radius 2 is 1.87 bits per heavy atom. The fourth-order valence-electron chi connectivity index (χ4n) is 3.49. The largest absolute Gasteiger partial charge is 0.493 e. The van der Waals surface area contributed by atoms with Crippen LogP contribution in [-0.4, -0.2) is 31.9 Å². The molecular formula is C24H30N2O4. The van der Waals surface area contributed by atoms with Crippen LogP contribution in [0.5, 0.6) is 11.5 Å². The third kappa shape index (κ3) is 6.79. The number of hydrogen-bond acceptors (Lipinski definition) is 5. The zero-order valence-electron chi connectivity index (χ0n) is 17.7. The summed E-state index contributed by atoms with van der Waals surface area (Å²) in [6, 6.07) is 15.7. The lowest BCUT2D eigenvalue weighted by Crippen LogP contribution is -2.39. The molecule has 1 fully saturated rings. The molecule has 30 heavy (non-hydrogen) atoms. The highest BCUT2D eigenvalue weighted by Gasteiger charge is 2.19. The van der Waals surface area contributed by atoms with Crippen molar-refractivity contribution in [2.45, 2.75) is 45.3 Å². The third-order valence-corrected chi connectivity index (χ3v) is 5.28. The number of hydrogen-bond donors (Lipinski definition) is 1. The standard InChI is InChI=1S/C24H30N2O4/c1-18-8-11-21(12-9-18)26-24(27)17-30-25-15-20-10-13-22(23(14-20)28-2)29-16-19-6-4-3-5-7-19/h3-7,10,13-15,18,21H,8-9,11-12,16-17H2,1-2H3,(H,26,27)/b25-15+. The van der Waals surface area contributed by atoms with Gasteiger partial charge in [0.15, 0.2) is 18.1 Å². The third-order valence-electron chi connectivity index (χ3n) is 5.28. The minimum absolute atomic E-state index is 0.0854. The van der Waals surface area contributed by atoms with Gasteiger partial charge in [-0.25, -0.2) is 0 Å². The normalized spacial score (nSPS) is 18.7. The highest BCUT2D eigenvalue weighted by atomic mass is 16.6. The van der Waals surface area contributed by atoms with Crippen LogP contribution in [0.25, 0.3) is 0 Å². The fraction of sp³-hybridized carbons (Fsp3) is 0.417. The van der Waals surface area contributed by atoms with Crippen LogP contribution in [0, 0.1) is 5.92 Å². The molecule has 6 nitrogen and oxygen atoms in total. The van der Waals surface area contributed by atoms with Crippen molar-refractivity contribution >= 4 is 12.1 Å². The summed E-state index contributed by atoms with van der Waals surface area (Å²) in [6.07, 6.45) is 5.95. The van der Waals surface area contributed by atoms with Crippen molar-refractivity contribution in [3.8, 4) is 11.5 Å². The van der Waals surface area contributed by atoms with E-state index in [9.17, 15) is 4.79 Å². The summed E-state index contributed by atoms with van der Waals surface area (Å²) in [5.74, 6) is 1.89. The molecule has 0 radical (unpaired) electrons. The second-order valence-electron chi connectivity index (χ2n) is 7.72. The average Bonchev–Trinajstić information content (AvgIpc) is 2.78. The summed E-state index contributed by atoms with van der Waals surface area (Å²) in [5, 5.41) is 6.92. The molecule has 0 atom stereocenters. The van der Waals surface area contributed by atoms with Gasteiger partial charge in [0.05, 0.1) is 13.3 Å². The molecule has 160 valence electrons. The van der Waals surface area contributed by atoms with Gasteiger partial charge in [0.2, 0.25) is 0 Å². The van der Waals surface area contributed by atoms with E-state index in [0.717, 1.165) is 42.7 Å². The molecule has 0 aliphatic heterocycles. The zero-order chi connectivity index (χ0) is 21.2. The predicted molar refractivity (Wildman–Crippen MR) is 117 cm³/mol. The van der Waals surface area contributed by atoms with Gasteiger partial charge in [-0.05, 0) is 55.4 Å². The second kappa shape index (κ2) is 11.2. The van der Waals surface area contributed by atoms with E-state index in [1.54, 1.807) is 13.3 Å². The van der Waals surface area contributed by atoms with Gasteiger partial charge in [-0.3, -0.25) is 4.79 Å². The van der Waals surface area contributed by atoms with Gasteiger partial charge in [0.1, 0.15) is 6.61 Å². The van der Waals surface area contributed by atoms with Gasteiger partial charge in [0.25, 0.3) is 5.91 Å². The van der Waals surface area contributed by atoms with Gasteiger partial charge in [-0.1, -0.05) is 42.4 Å². The molecule has 0 bridgehead atoms. The van der Waals surface area contributed by atoms with Gasteiger partial charge in [0, 0.05) is 11.6 Å². The highest BCUT2D eigenvalue weighted by Crippen LogP contribution is 2.28. The smallest absolute Gasteiger partial charge is 0.260 e. The quantitative estimate of drug-likeness (QED) is 0.494. The topological polar surface area (TPSA) is 69.2 Å². The molecule has 1 aliphatic rings. The summed E-state index contributed by atoms with van der Waals surface area (Å²) >= 11 is 0. The lowest BCUT2D eigenvalue weighted by Gasteiger charge is -2.26.